The summed E-state index contributed by atoms with van der Waals surface area (Å²) in [5.41, 5.74) is 2.43. The smallest absolute Gasteiger partial charge is 0.264 e. The minimum absolute atomic E-state index is 0.0795. The number of amides is 1. The number of hydrogen-bond donors (Lipinski definition) is 1. The van der Waals surface area contributed by atoms with E-state index in [4.69, 9.17) is 9.47 Å². The molecule has 1 saturated heterocycles. The third kappa shape index (κ3) is 4.29. The molecule has 7 nitrogen and oxygen atoms in total. The van der Waals surface area contributed by atoms with Gasteiger partial charge in [-0.1, -0.05) is 18.2 Å². The van der Waals surface area contributed by atoms with Gasteiger partial charge in [-0.3, -0.25) is 9.10 Å². The summed E-state index contributed by atoms with van der Waals surface area (Å²) < 4.78 is 38.8. The largest absolute Gasteiger partial charge is 0.484 e. The number of nitrogens with zero attached hydrogens (tertiary/aromatic N) is 1. The predicted molar refractivity (Wildman–Crippen MR) is 113 cm³/mol. The Kier molecular flexibility index (Phi) is 5.97. The second kappa shape index (κ2) is 8.65. The van der Waals surface area contributed by atoms with Crippen molar-refractivity contribution in [3.63, 3.8) is 0 Å². The molecule has 1 N–H and O–H groups in total. The first-order valence-electron chi connectivity index (χ1n) is 10.2. The van der Waals surface area contributed by atoms with Crippen LogP contribution in [-0.4, -0.2) is 46.7 Å². The highest BCUT2D eigenvalue weighted by Crippen LogP contribution is 2.33. The number of ether oxygens (including phenoxy) is 2. The number of anilines is 1. The number of hydrogen-bond acceptors (Lipinski definition) is 5. The van der Waals surface area contributed by atoms with Gasteiger partial charge in [-0.15, -0.1) is 0 Å². The standard InChI is InChI=1S/C22H26N2O5S/c1-16-13-19(30(26,27)24-11-10-17-5-2-3-7-20(17)24)8-9-21(16)29-15-22(25)23-14-18-6-4-12-28-18/h2-3,5,7-9,13,18H,4,6,10-12,14-15H2,1H3,(H,23,25)/t18-/m0/s1. The normalized spacial score (nSPS) is 18.3. The molecular formula is C22H26N2O5S. The van der Waals surface area contributed by atoms with Crippen LogP contribution in [0.2, 0.25) is 0 Å². The first kappa shape index (κ1) is 20.7. The Hall–Kier alpha value is -2.58. The van der Waals surface area contributed by atoms with Crippen LogP contribution in [-0.2, 0) is 26.0 Å². The molecule has 0 aliphatic carbocycles. The molecular weight excluding hydrogens is 404 g/mol. The van der Waals surface area contributed by atoms with E-state index in [2.05, 4.69) is 5.32 Å². The summed E-state index contributed by atoms with van der Waals surface area (Å²) in [6.07, 6.45) is 2.76. The molecule has 2 aromatic carbocycles. The molecule has 30 heavy (non-hydrogen) atoms. The van der Waals surface area contributed by atoms with Gasteiger partial charge in [0.15, 0.2) is 6.61 Å². The lowest BCUT2D eigenvalue weighted by molar-refractivity contribution is -0.123. The maximum absolute atomic E-state index is 13.1. The van der Waals surface area contributed by atoms with E-state index in [1.807, 2.05) is 24.3 Å². The van der Waals surface area contributed by atoms with Gasteiger partial charge in [0.05, 0.1) is 16.7 Å². The SMILES string of the molecule is Cc1cc(S(=O)(=O)N2CCc3ccccc32)ccc1OCC(=O)NC[C@@H]1CCCO1. The molecule has 0 unspecified atom stereocenters. The van der Waals surface area contributed by atoms with E-state index in [0.29, 0.717) is 30.8 Å². The van der Waals surface area contributed by atoms with Crippen molar-refractivity contribution in [1.82, 2.24) is 5.32 Å². The fourth-order valence-electron chi connectivity index (χ4n) is 3.86. The minimum Gasteiger partial charge on any atom is -0.484 e. The zero-order valence-corrected chi connectivity index (χ0v) is 17.8. The molecule has 1 fully saturated rings. The van der Waals surface area contributed by atoms with Gasteiger partial charge in [0.1, 0.15) is 5.75 Å². The fourth-order valence-corrected chi connectivity index (χ4v) is 5.45. The van der Waals surface area contributed by atoms with Gasteiger partial charge in [-0.2, -0.15) is 0 Å². The number of sulfonamides is 1. The first-order valence-corrected chi connectivity index (χ1v) is 11.6. The highest BCUT2D eigenvalue weighted by Gasteiger charge is 2.30. The molecule has 2 aliphatic rings. The third-order valence-electron chi connectivity index (χ3n) is 5.49. The van der Waals surface area contributed by atoms with Crippen LogP contribution in [0.1, 0.15) is 24.0 Å². The number of nitrogens with one attached hydrogen (secondary N) is 1. The summed E-state index contributed by atoms with van der Waals surface area (Å²) in [5, 5.41) is 2.80. The van der Waals surface area contributed by atoms with Crippen molar-refractivity contribution >= 4 is 21.6 Å². The van der Waals surface area contributed by atoms with E-state index in [1.165, 1.54) is 10.4 Å². The zero-order chi connectivity index (χ0) is 21.1. The Morgan fingerprint density at radius 1 is 1.27 bits per heavy atom. The van der Waals surface area contributed by atoms with Gasteiger partial charge in [-0.25, -0.2) is 8.42 Å². The summed E-state index contributed by atoms with van der Waals surface area (Å²) >= 11 is 0. The third-order valence-corrected chi connectivity index (χ3v) is 7.30. The first-order chi connectivity index (χ1) is 14.4. The van der Waals surface area contributed by atoms with Crippen LogP contribution in [0.25, 0.3) is 0 Å². The molecule has 160 valence electrons. The topological polar surface area (TPSA) is 84.9 Å². The molecule has 1 atom stereocenters. The lowest BCUT2D eigenvalue weighted by Gasteiger charge is -2.20. The van der Waals surface area contributed by atoms with Gasteiger partial charge < -0.3 is 14.8 Å². The highest BCUT2D eigenvalue weighted by molar-refractivity contribution is 7.92. The predicted octanol–water partition coefficient (Wildman–Crippen LogP) is 2.42. The molecule has 1 amide bonds. The number of aryl methyl sites for hydroxylation is 1. The van der Waals surface area contributed by atoms with Crippen molar-refractivity contribution in [3.05, 3.63) is 53.6 Å². The number of carbonyl (C=O) groups excluding carboxylic acids is 1. The molecule has 0 spiro atoms. The maximum Gasteiger partial charge on any atom is 0.264 e. The van der Waals surface area contributed by atoms with E-state index < -0.39 is 10.0 Å². The Labute approximate surface area is 177 Å². The van der Waals surface area contributed by atoms with E-state index in [1.54, 1.807) is 19.1 Å². The summed E-state index contributed by atoms with van der Waals surface area (Å²) in [7, 11) is -3.66. The quantitative estimate of drug-likeness (QED) is 0.729. The number of carbonyl (C=O) groups is 1. The molecule has 2 aliphatic heterocycles. The van der Waals surface area contributed by atoms with Crippen LogP contribution in [0, 0.1) is 6.92 Å². The van der Waals surface area contributed by atoms with Crippen LogP contribution in [0.5, 0.6) is 5.75 Å². The van der Waals surface area contributed by atoms with E-state index >= 15 is 0 Å². The Morgan fingerprint density at radius 2 is 2.10 bits per heavy atom. The molecule has 4 rings (SSSR count). The van der Waals surface area contributed by atoms with Gasteiger partial charge in [0.25, 0.3) is 15.9 Å². The van der Waals surface area contributed by atoms with Crippen LogP contribution in [0.3, 0.4) is 0 Å². The monoisotopic (exact) mass is 430 g/mol. The summed E-state index contributed by atoms with van der Waals surface area (Å²) in [6.45, 7) is 3.31. The van der Waals surface area contributed by atoms with Crippen LogP contribution in [0.4, 0.5) is 5.69 Å². The zero-order valence-electron chi connectivity index (χ0n) is 17.0. The molecule has 0 aromatic heterocycles. The molecule has 0 bridgehead atoms. The van der Waals surface area contributed by atoms with Crippen molar-refractivity contribution in [1.29, 1.82) is 0 Å². The number of rotatable bonds is 7. The lowest BCUT2D eigenvalue weighted by Crippen LogP contribution is -2.35. The number of fused-ring (bicyclic) bond motifs is 1. The summed E-state index contributed by atoms with van der Waals surface area (Å²) in [6, 6.07) is 12.3. The molecule has 0 radical (unpaired) electrons. The Bertz CT molecular complexity index is 1030. The number of benzene rings is 2. The van der Waals surface area contributed by atoms with Crippen molar-refractivity contribution in [3.8, 4) is 5.75 Å². The second-order valence-electron chi connectivity index (χ2n) is 7.61. The van der Waals surface area contributed by atoms with Gasteiger partial charge in [0, 0.05) is 19.7 Å². The van der Waals surface area contributed by atoms with Crippen molar-refractivity contribution in [2.45, 2.75) is 37.2 Å². The second-order valence-corrected chi connectivity index (χ2v) is 9.47. The van der Waals surface area contributed by atoms with E-state index in [-0.39, 0.29) is 23.5 Å². The lowest BCUT2D eigenvalue weighted by atomic mass is 10.2. The minimum atomic E-state index is -3.66. The maximum atomic E-state index is 13.1. The van der Waals surface area contributed by atoms with Crippen LogP contribution >= 0.6 is 0 Å². The summed E-state index contributed by atoms with van der Waals surface area (Å²) in [5.74, 6) is 0.262. The molecule has 8 heteroatoms. The van der Waals surface area contributed by atoms with Gasteiger partial charge in [-0.05, 0) is 61.6 Å². The Balaban J connectivity index is 1.40. The summed E-state index contributed by atoms with van der Waals surface area (Å²) in [4.78, 5) is 12.2. The average Bonchev–Trinajstić information content (AvgIpc) is 3.41. The highest BCUT2D eigenvalue weighted by atomic mass is 32.2. The van der Waals surface area contributed by atoms with E-state index in [9.17, 15) is 13.2 Å². The average molecular weight is 431 g/mol. The van der Waals surface area contributed by atoms with Gasteiger partial charge in [0.2, 0.25) is 0 Å². The van der Waals surface area contributed by atoms with Crippen molar-refractivity contribution < 1.29 is 22.7 Å². The van der Waals surface area contributed by atoms with E-state index in [0.717, 1.165) is 30.7 Å². The molecule has 2 heterocycles. The molecule has 2 aromatic rings. The van der Waals surface area contributed by atoms with Crippen LogP contribution < -0.4 is 14.4 Å². The fraction of sp³-hybridized carbons (Fsp3) is 0.409. The van der Waals surface area contributed by atoms with Crippen LogP contribution in [0.15, 0.2) is 47.4 Å². The van der Waals surface area contributed by atoms with Crippen molar-refractivity contribution in [2.75, 3.05) is 30.6 Å². The Morgan fingerprint density at radius 3 is 2.87 bits per heavy atom. The van der Waals surface area contributed by atoms with Gasteiger partial charge >= 0.3 is 0 Å². The number of para-hydroxylation sites is 1. The van der Waals surface area contributed by atoms with Crippen molar-refractivity contribution in [2.24, 2.45) is 0 Å². The molecule has 0 saturated carbocycles.